The molecule has 0 saturated carbocycles. The van der Waals surface area contributed by atoms with Gasteiger partial charge in [0, 0.05) is 14.5 Å². The second-order valence-corrected chi connectivity index (χ2v) is 5.56. The van der Waals surface area contributed by atoms with E-state index < -0.39 is 0 Å². The van der Waals surface area contributed by atoms with E-state index in [1.54, 1.807) is 12.1 Å². The van der Waals surface area contributed by atoms with Gasteiger partial charge in [0.1, 0.15) is 5.76 Å². The first-order chi connectivity index (χ1) is 8.04. The number of furan rings is 1. The van der Waals surface area contributed by atoms with Crippen molar-refractivity contribution in [2.75, 3.05) is 0 Å². The standard InChI is InChI=1S/C12H7Br2ClO2/c1-6-11(8(13)4-9(14)12(6)15)10-3-2-7(5-16)17-10/h2-5H,1H3. The maximum absolute atomic E-state index is 10.6. The zero-order valence-corrected chi connectivity index (χ0v) is 12.7. The Morgan fingerprint density at radius 2 is 2.00 bits per heavy atom. The molecule has 0 fully saturated rings. The number of carbonyl (C=O) groups excluding carboxylic acids is 1. The Balaban J connectivity index is 2.66. The van der Waals surface area contributed by atoms with Crippen molar-refractivity contribution in [3.63, 3.8) is 0 Å². The van der Waals surface area contributed by atoms with Gasteiger partial charge in [0.05, 0.1) is 5.02 Å². The summed E-state index contributed by atoms with van der Waals surface area (Å²) in [7, 11) is 0. The highest BCUT2D eigenvalue weighted by molar-refractivity contribution is 9.11. The Labute approximate surface area is 120 Å². The Hall–Kier alpha value is -0.580. The molecule has 88 valence electrons. The van der Waals surface area contributed by atoms with Gasteiger partial charge in [0.2, 0.25) is 0 Å². The van der Waals surface area contributed by atoms with E-state index in [2.05, 4.69) is 31.9 Å². The summed E-state index contributed by atoms with van der Waals surface area (Å²) in [6.07, 6.45) is 0.674. The predicted octanol–water partition coefficient (Wildman–Crippen LogP) is 5.25. The van der Waals surface area contributed by atoms with E-state index in [9.17, 15) is 4.79 Å². The highest BCUT2D eigenvalue weighted by Gasteiger charge is 2.15. The second-order valence-electron chi connectivity index (χ2n) is 3.47. The summed E-state index contributed by atoms with van der Waals surface area (Å²) >= 11 is 13.0. The highest BCUT2D eigenvalue weighted by atomic mass is 79.9. The highest BCUT2D eigenvalue weighted by Crippen LogP contribution is 2.40. The van der Waals surface area contributed by atoms with Crippen molar-refractivity contribution in [1.29, 1.82) is 0 Å². The summed E-state index contributed by atoms with van der Waals surface area (Å²) in [5.41, 5.74) is 1.74. The third kappa shape index (κ3) is 2.34. The Bertz CT molecular complexity index is 590. The van der Waals surface area contributed by atoms with Crippen LogP contribution in [0.3, 0.4) is 0 Å². The van der Waals surface area contributed by atoms with Gasteiger partial charge in [0.25, 0.3) is 0 Å². The van der Waals surface area contributed by atoms with Gasteiger partial charge >= 0.3 is 0 Å². The lowest BCUT2D eigenvalue weighted by Crippen LogP contribution is -1.86. The molecule has 0 aliphatic carbocycles. The largest absolute Gasteiger partial charge is 0.453 e. The lowest BCUT2D eigenvalue weighted by atomic mass is 10.1. The number of aldehydes is 1. The van der Waals surface area contributed by atoms with Gasteiger partial charge in [0.15, 0.2) is 12.0 Å². The Morgan fingerprint density at radius 1 is 1.29 bits per heavy atom. The molecule has 2 aromatic rings. The summed E-state index contributed by atoms with van der Waals surface area (Å²) in [4.78, 5) is 10.6. The van der Waals surface area contributed by atoms with Crippen molar-refractivity contribution in [2.24, 2.45) is 0 Å². The summed E-state index contributed by atoms with van der Waals surface area (Å²) < 4.78 is 7.08. The first-order valence-corrected chi connectivity index (χ1v) is 6.70. The summed E-state index contributed by atoms with van der Waals surface area (Å²) in [6, 6.07) is 5.24. The smallest absolute Gasteiger partial charge is 0.185 e. The molecule has 0 bridgehead atoms. The monoisotopic (exact) mass is 376 g/mol. The van der Waals surface area contributed by atoms with E-state index in [-0.39, 0.29) is 0 Å². The lowest BCUT2D eigenvalue weighted by Gasteiger charge is -2.09. The van der Waals surface area contributed by atoms with E-state index in [1.165, 1.54) is 0 Å². The predicted molar refractivity (Wildman–Crippen MR) is 74.7 cm³/mol. The second kappa shape index (κ2) is 4.96. The first kappa shape index (κ1) is 12.9. The normalized spacial score (nSPS) is 10.6. The van der Waals surface area contributed by atoms with Crippen LogP contribution in [-0.4, -0.2) is 6.29 Å². The van der Waals surface area contributed by atoms with Crippen LogP contribution in [-0.2, 0) is 0 Å². The molecule has 0 saturated heterocycles. The van der Waals surface area contributed by atoms with Gasteiger partial charge in [-0.2, -0.15) is 0 Å². The summed E-state index contributed by atoms with van der Waals surface area (Å²) in [5.74, 6) is 0.913. The van der Waals surface area contributed by atoms with Crippen molar-refractivity contribution in [1.82, 2.24) is 0 Å². The van der Waals surface area contributed by atoms with Gasteiger partial charge in [-0.15, -0.1) is 0 Å². The maximum atomic E-state index is 10.6. The first-order valence-electron chi connectivity index (χ1n) is 4.74. The lowest BCUT2D eigenvalue weighted by molar-refractivity contribution is 0.110. The number of hydrogen-bond acceptors (Lipinski definition) is 2. The molecule has 0 aliphatic rings. The maximum Gasteiger partial charge on any atom is 0.185 e. The third-order valence-electron chi connectivity index (χ3n) is 2.40. The topological polar surface area (TPSA) is 30.2 Å². The van der Waals surface area contributed by atoms with Crippen LogP contribution in [0.1, 0.15) is 16.1 Å². The van der Waals surface area contributed by atoms with E-state index in [0.717, 1.165) is 20.1 Å². The molecule has 1 heterocycles. The fourth-order valence-electron chi connectivity index (χ4n) is 1.57. The van der Waals surface area contributed by atoms with Crippen LogP contribution in [0.25, 0.3) is 11.3 Å². The number of carbonyl (C=O) groups is 1. The zero-order chi connectivity index (χ0) is 12.6. The summed E-state index contributed by atoms with van der Waals surface area (Å²) in [5, 5.41) is 0.632. The van der Waals surface area contributed by atoms with Crippen molar-refractivity contribution in [3.05, 3.63) is 43.5 Å². The van der Waals surface area contributed by atoms with Crippen LogP contribution in [0.15, 0.2) is 31.6 Å². The molecule has 5 heteroatoms. The number of rotatable bonds is 2. The van der Waals surface area contributed by atoms with Gasteiger partial charge in [-0.05, 0) is 62.5 Å². The molecule has 0 atom stereocenters. The average Bonchev–Trinajstić information content (AvgIpc) is 2.74. The van der Waals surface area contributed by atoms with Crippen LogP contribution in [0, 0.1) is 6.92 Å². The minimum absolute atomic E-state index is 0.297. The molecule has 1 aromatic heterocycles. The fourth-order valence-corrected chi connectivity index (χ4v) is 3.27. The van der Waals surface area contributed by atoms with E-state index >= 15 is 0 Å². The zero-order valence-electron chi connectivity index (χ0n) is 8.76. The van der Waals surface area contributed by atoms with Crippen LogP contribution in [0.4, 0.5) is 0 Å². The SMILES string of the molecule is Cc1c(Cl)c(Br)cc(Br)c1-c1ccc(C=O)o1. The molecular weight excluding hydrogens is 371 g/mol. The van der Waals surface area contributed by atoms with Gasteiger partial charge in [-0.1, -0.05) is 11.6 Å². The van der Waals surface area contributed by atoms with Crippen LogP contribution >= 0.6 is 43.5 Å². The Morgan fingerprint density at radius 3 is 2.59 bits per heavy atom. The number of hydrogen-bond donors (Lipinski definition) is 0. The molecule has 2 rings (SSSR count). The Kier molecular flexibility index (Phi) is 3.76. The van der Waals surface area contributed by atoms with E-state index in [0.29, 0.717) is 22.8 Å². The van der Waals surface area contributed by atoms with Crippen molar-refractivity contribution in [2.45, 2.75) is 6.92 Å². The number of halogens is 3. The van der Waals surface area contributed by atoms with Gasteiger partial charge < -0.3 is 4.42 Å². The molecular formula is C12H7Br2ClO2. The minimum Gasteiger partial charge on any atom is -0.453 e. The van der Waals surface area contributed by atoms with Crippen molar-refractivity contribution < 1.29 is 9.21 Å². The molecule has 0 spiro atoms. The number of benzene rings is 1. The van der Waals surface area contributed by atoms with Crippen molar-refractivity contribution in [3.8, 4) is 11.3 Å². The van der Waals surface area contributed by atoms with E-state index in [1.807, 2.05) is 13.0 Å². The van der Waals surface area contributed by atoms with Crippen LogP contribution < -0.4 is 0 Å². The third-order valence-corrected chi connectivity index (χ3v) is 4.36. The van der Waals surface area contributed by atoms with Crippen LogP contribution in [0.2, 0.25) is 5.02 Å². The fraction of sp³-hybridized carbons (Fsp3) is 0.0833. The quantitative estimate of drug-likeness (QED) is 0.528. The molecule has 1 aromatic carbocycles. The molecule has 17 heavy (non-hydrogen) atoms. The minimum atomic E-state index is 0.297. The molecule has 0 amide bonds. The molecule has 0 unspecified atom stereocenters. The van der Waals surface area contributed by atoms with Gasteiger partial charge in [-0.25, -0.2) is 0 Å². The molecule has 2 nitrogen and oxygen atoms in total. The van der Waals surface area contributed by atoms with Crippen LogP contribution in [0.5, 0.6) is 0 Å². The molecule has 0 N–H and O–H groups in total. The van der Waals surface area contributed by atoms with E-state index in [4.69, 9.17) is 16.0 Å². The summed E-state index contributed by atoms with van der Waals surface area (Å²) in [6.45, 7) is 1.90. The van der Waals surface area contributed by atoms with Crippen molar-refractivity contribution >= 4 is 49.7 Å². The van der Waals surface area contributed by atoms with Gasteiger partial charge in [-0.3, -0.25) is 4.79 Å². The molecule has 0 aliphatic heterocycles. The molecule has 0 radical (unpaired) electrons. The average molecular weight is 378 g/mol.